The van der Waals surface area contributed by atoms with E-state index in [1.54, 1.807) is 0 Å². The van der Waals surface area contributed by atoms with Crippen molar-refractivity contribution in [1.82, 2.24) is 15.5 Å². The molecule has 0 spiro atoms. The number of nitrogens with zero attached hydrogens (tertiary/aromatic N) is 2. The molecule has 1 aliphatic rings. The molecule has 1 aliphatic heterocycles. The molecule has 1 atom stereocenters. The average molecular weight is 446 g/mol. The molecule has 2 rings (SSSR count). The van der Waals surface area contributed by atoms with Crippen molar-refractivity contribution in [3.63, 3.8) is 0 Å². The standard InChI is InChI=1S/C18H30N4O.HI/c1-3-19-18(20-11-14-23)21-17-9-12-22(13-10-17)15(2)16-7-5-4-6-8-16;/h4-8,15,17,23H,3,9-14H2,1-2H3,(H2,19,20,21);1H. The first-order chi connectivity index (χ1) is 11.2. The van der Waals surface area contributed by atoms with Gasteiger partial charge >= 0.3 is 0 Å². The van der Waals surface area contributed by atoms with Gasteiger partial charge in [-0.25, -0.2) is 0 Å². The van der Waals surface area contributed by atoms with Crippen molar-refractivity contribution in [2.45, 2.75) is 38.8 Å². The van der Waals surface area contributed by atoms with Crippen LogP contribution in [0.1, 0.15) is 38.3 Å². The lowest BCUT2D eigenvalue weighted by Crippen LogP contribution is -2.49. The molecule has 6 heteroatoms. The van der Waals surface area contributed by atoms with Crippen molar-refractivity contribution >= 4 is 29.9 Å². The van der Waals surface area contributed by atoms with Crippen LogP contribution in [0.25, 0.3) is 0 Å². The number of halogens is 1. The quantitative estimate of drug-likeness (QED) is 0.357. The van der Waals surface area contributed by atoms with Gasteiger partial charge in [0.1, 0.15) is 0 Å². The minimum Gasteiger partial charge on any atom is -0.394 e. The molecule has 1 fully saturated rings. The van der Waals surface area contributed by atoms with E-state index < -0.39 is 0 Å². The lowest BCUT2D eigenvalue weighted by molar-refractivity contribution is 0.158. The predicted molar refractivity (Wildman–Crippen MR) is 111 cm³/mol. The lowest BCUT2D eigenvalue weighted by atomic mass is 10.0. The zero-order chi connectivity index (χ0) is 16.5. The predicted octanol–water partition coefficient (Wildman–Crippen LogP) is 2.38. The number of likely N-dealkylation sites (tertiary alicyclic amines) is 1. The molecule has 0 aromatic heterocycles. The first-order valence-corrected chi connectivity index (χ1v) is 8.69. The van der Waals surface area contributed by atoms with Crippen LogP contribution in [0.4, 0.5) is 0 Å². The molecule has 0 aliphatic carbocycles. The van der Waals surface area contributed by atoms with Crippen LogP contribution in [0.3, 0.4) is 0 Å². The van der Waals surface area contributed by atoms with E-state index in [4.69, 9.17) is 5.11 Å². The maximum absolute atomic E-state index is 8.92. The number of benzene rings is 1. The summed E-state index contributed by atoms with van der Waals surface area (Å²) in [5, 5.41) is 15.7. The van der Waals surface area contributed by atoms with E-state index in [-0.39, 0.29) is 30.6 Å². The fourth-order valence-corrected chi connectivity index (χ4v) is 3.05. The fourth-order valence-electron chi connectivity index (χ4n) is 3.05. The zero-order valence-corrected chi connectivity index (χ0v) is 17.1. The Hall–Kier alpha value is -0.860. The molecule has 1 heterocycles. The monoisotopic (exact) mass is 446 g/mol. The van der Waals surface area contributed by atoms with Gasteiger partial charge in [0, 0.05) is 31.7 Å². The molecule has 1 aromatic rings. The summed E-state index contributed by atoms with van der Waals surface area (Å²) < 4.78 is 0. The van der Waals surface area contributed by atoms with Crippen molar-refractivity contribution in [3.8, 4) is 0 Å². The van der Waals surface area contributed by atoms with E-state index in [1.807, 2.05) is 0 Å². The fraction of sp³-hybridized carbons (Fsp3) is 0.611. The van der Waals surface area contributed by atoms with Crippen LogP contribution in [-0.4, -0.2) is 54.8 Å². The van der Waals surface area contributed by atoms with Crippen LogP contribution in [0.2, 0.25) is 0 Å². The van der Waals surface area contributed by atoms with Crippen molar-refractivity contribution in [2.75, 3.05) is 32.8 Å². The Morgan fingerprint density at radius 2 is 1.96 bits per heavy atom. The van der Waals surface area contributed by atoms with Crippen LogP contribution >= 0.6 is 24.0 Å². The van der Waals surface area contributed by atoms with Gasteiger partial charge < -0.3 is 15.7 Å². The molecule has 5 nitrogen and oxygen atoms in total. The van der Waals surface area contributed by atoms with Gasteiger partial charge in [-0.3, -0.25) is 9.89 Å². The molecule has 1 saturated heterocycles. The van der Waals surface area contributed by atoms with Crippen LogP contribution in [0.15, 0.2) is 35.3 Å². The summed E-state index contributed by atoms with van der Waals surface area (Å²) in [5.74, 6) is 0.816. The normalized spacial score (nSPS) is 17.9. The summed E-state index contributed by atoms with van der Waals surface area (Å²) in [5.41, 5.74) is 1.39. The number of hydrogen-bond donors (Lipinski definition) is 3. The van der Waals surface area contributed by atoms with E-state index >= 15 is 0 Å². The van der Waals surface area contributed by atoms with E-state index in [1.165, 1.54) is 5.56 Å². The second-order valence-electron chi connectivity index (χ2n) is 6.03. The van der Waals surface area contributed by atoms with Crippen molar-refractivity contribution in [3.05, 3.63) is 35.9 Å². The van der Waals surface area contributed by atoms with Crippen molar-refractivity contribution < 1.29 is 5.11 Å². The number of nitrogens with one attached hydrogen (secondary N) is 2. The third-order valence-electron chi connectivity index (χ3n) is 4.41. The molecule has 136 valence electrons. The average Bonchev–Trinajstić information content (AvgIpc) is 2.60. The lowest BCUT2D eigenvalue weighted by Gasteiger charge is -2.37. The highest BCUT2D eigenvalue weighted by Gasteiger charge is 2.23. The number of aliphatic hydroxyl groups excluding tert-OH is 1. The molecule has 0 saturated carbocycles. The van der Waals surface area contributed by atoms with Gasteiger partial charge in [0.15, 0.2) is 5.96 Å². The number of guanidine groups is 1. The van der Waals surface area contributed by atoms with Gasteiger partial charge in [0.2, 0.25) is 0 Å². The third kappa shape index (κ3) is 6.57. The molecule has 3 N–H and O–H groups in total. The molecule has 0 radical (unpaired) electrons. The Morgan fingerprint density at radius 3 is 2.54 bits per heavy atom. The Kier molecular flexibility index (Phi) is 10.3. The maximum Gasteiger partial charge on any atom is 0.191 e. The van der Waals surface area contributed by atoms with Gasteiger partial charge in [-0.05, 0) is 32.3 Å². The molecule has 0 amide bonds. The number of hydrogen-bond acceptors (Lipinski definition) is 3. The first-order valence-electron chi connectivity index (χ1n) is 8.69. The Balaban J connectivity index is 0.00000288. The molecular formula is C18H31IN4O. The number of piperidine rings is 1. The van der Waals surface area contributed by atoms with Crippen LogP contribution in [0.5, 0.6) is 0 Å². The topological polar surface area (TPSA) is 59.9 Å². The van der Waals surface area contributed by atoms with Crippen molar-refractivity contribution in [2.24, 2.45) is 4.99 Å². The summed E-state index contributed by atoms with van der Waals surface area (Å²) in [6.07, 6.45) is 2.22. The van der Waals surface area contributed by atoms with E-state index in [0.29, 0.717) is 18.6 Å². The number of aliphatic imine (C=N–C) groups is 1. The molecule has 1 unspecified atom stereocenters. The Bertz CT molecular complexity index is 475. The minimum absolute atomic E-state index is 0. The van der Waals surface area contributed by atoms with Crippen LogP contribution in [0, 0.1) is 0 Å². The van der Waals surface area contributed by atoms with E-state index in [2.05, 4.69) is 64.7 Å². The molecule has 1 aromatic carbocycles. The van der Waals surface area contributed by atoms with E-state index in [9.17, 15) is 0 Å². The summed E-state index contributed by atoms with van der Waals surface area (Å²) in [6.45, 7) is 7.89. The summed E-state index contributed by atoms with van der Waals surface area (Å²) in [6, 6.07) is 11.6. The van der Waals surface area contributed by atoms with Gasteiger partial charge in [0.05, 0.1) is 13.2 Å². The summed E-state index contributed by atoms with van der Waals surface area (Å²) in [7, 11) is 0. The van der Waals surface area contributed by atoms with E-state index in [0.717, 1.165) is 38.4 Å². The summed E-state index contributed by atoms with van der Waals surface area (Å²) >= 11 is 0. The smallest absolute Gasteiger partial charge is 0.191 e. The van der Waals surface area contributed by atoms with Gasteiger partial charge in [-0.15, -0.1) is 24.0 Å². The van der Waals surface area contributed by atoms with Crippen molar-refractivity contribution in [1.29, 1.82) is 0 Å². The van der Waals surface area contributed by atoms with Crippen LogP contribution in [-0.2, 0) is 0 Å². The highest BCUT2D eigenvalue weighted by Crippen LogP contribution is 2.23. The minimum atomic E-state index is 0. The zero-order valence-electron chi connectivity index (χ0n) is 14.7. The molecular weight excluding hydrogens is 415 g/mol. The second-order valence-corrected chi connectivity index (χ2v) is 6.03. The SMILES string of the molecule is CCNC(=NCCO)NC1CCN(C(C)c2ccccc2)CC1.I. The van der Waals surface area contributed by atoms with Gasteiger partial charge in [0.25, 0.3) is 0 Å². The number of rotatable bonds is 6. The Labute approximate surface area is 162 Å². The largest absolute Gasteiger partial charge is 0.394 e. The molecule has 0 bridgehead atoms. The van der Waals surface area contributed by atoms with Gasteiger partial charge in [-0.2, -0.15) is 0 Å². The first kappa shape index (κ1) is 21.2. The second kappa shape index (κ2) is 11.7. The highest BCUT2D eigenvalue weighted by atomic mass is 127. The summed E-state index contributed by atoms with van der Waals surface area (Å²) in [4.78, 5) is 6.91. The third-order valence-corrected chi connectivity index (χ3v) is 4.41. The number of aliphatic hydroxyl groups is 1. The molecule has 24 heavy (non-hydrogen) atoms. The highest BCUT2D eigenvalue weighted by molar-refractivity contribution is 14.0. The Morgan fingerprint density at radius 1 is 1.29 bits per heavy atom. The van der Waals surface area contributed by atoms with Crippen LogP contribution < -0.4 is 10.6 Å². The van der Waals surface area contributed by atoms with Gasteiger partial charge in [-0.1, -0.05) is 30.3 Å². The maximum atomic E-state index is 8.92.